The molecule has 0 aliphatic carbocycles. The highest BCUT2D eigenvalue weighted by Gasteiger charge is 2.20. The van der Waals surface area contributed by atoms with Crippen molar-refractivity contribution < 1.29 is 18.1 Å². The molecular weight excluding hydrogens is 320 g/mol. The Morgan fingerprint density at radius 3 is 2.52 bits per heavy atom. The number of nitro groups is 1. The lowest BCUT2D eigenvalue weighted by Gasteiger charge is -2.15. The van der Waals surface area contributed by atoms with Crippen molar-refractivity contribution in [3.8, 4) is 5.75 Å². The molecule has 0 amide bonds. The summed E-state index contributed by atoms with van der Waals surface area (Å²) in [7, 11) is -2.35. The van der Waals surface area contributed by atoms with Gasteiger partial charge in [0.1, 0.15) is 5.75 Å². The molecule has 0 heterocycles. The summed E-state index contributed by atoms with van der Waals surface area (Å²) in [6.07, 6.45) is 0. The molecule has 1 unspecified atom stereocenters. The lowest BCUT2D eigenvalue weighted by Crippen LogP contribution is -2.27. The molecule has 8 heteroatoms. The smallest absolute Gasteiger partial charge is 0.270 e. The van der Waals surface area contributed by atoms with Crippen molar-refractivity contribution in [3.63, 3.8) is 0 Å². The van der Waals surface area contributed by atoms with Crippen molar-refractivity contribution in [2.75, 3.05) is 7.11 Å². The van der Waals surface area contributed by atoms with Gasteiger partial charge in [-0.1, -0.05) is 18.2 Å². The zero-order valence-corrected chi connectivity index (χ0v) is 13.4. The van der Waals surface area contributed by atoms with Gasteiger partial charge in [0.25, 0.3) is 5.69 Å². The van der Waals surface area contributed by atoms with Crippen molar-refractivity contribution in [2.45, 2.75) is 17.9 Å². The zero-order chi connectivity index (χ0) is 17.0. The molecule has 2 aromatic carbocycles. The summed E-state index contributed by atoms with van der Waals surface area (Å²) in [6, 6.07) is 11.4. The highest BCUT2D eigenvalue weighted by molar-refractivity contribution is 7.89. The first-order valence-electron chi connectivity index (χ1n) is 6.74. The number of nitro benzene ring substituents is 1. The maximum Gasteiger partial charge on any atom is 0.270 e. The Balaban J connectivity index is 2.26. The fraction of sp³-hybridized carbons (Fsp3) is 0.200. The van der Waals surface area contributed by atoms with Crippen LogP contribution in [0.3, 0.4) is 0 Å². The van der Waals surface area contributed by atoms with Crippen LogP contribution in [0, 0.1) is 10.1 Å². The van der Waals surface area contributed by atoms with Crippen LogP contribution in [0.15, 0.2) is 53.4 Å². The van der Waals surface area contributed by atoms with E-state index in [4.69, 9.17) is 4.74 Å². The summed E-state index contributed by atoms with van der Waals surface area (Å²) in [5.74, 6) is 0.615. The molecule has 1 atom stereocenters. The molecule has 0 bridgehead atoms. The summed E-state index contributed by atoms with van der Waals surface area (Å²) >= 11 is 0. The predicted octanol–water partition coefficient (Wildman–Crippen LogP) is 2.64. The fourth-order valence-electron chi connectivity index (χ4n) is 2.04. The molecule has 7 nitrogen and oxygen atoms in total. The molecule has 0 aromatic heterocycles. The van der Waals surface area contributed by atoms with E-state index in [1.165, 1.54) is 25.3 Å². The number of sulfonamides is 1. The molecule has 0 aliphatic rings. The monoisotopic (exact) mass is 336 g/mol. The minimum Gasteiger partial charge on any atom is -0.497 e. The van der Waals surface area contributed by atoms with Crippen LogP contribution in [0.2, 0.25) is 0 Å². The van der Waals surface area contributed by atoms with Crippen LogP contribution in [-0.2, 0) is 10.0 Å². The van der Waals surface area contributed by atoms with E-state index in [1.807, 2.05) is 0 Å². The molecule has 0 radical (unpaired) electrons. The summed E-state index contributed by atoms with van der Waals surface area (Å²) in [4.78, 5) is 9.98. The lowest BCUT2D eigenvalue weighted by molar-refractivity contribution is -0.385. The molecule has 122 valence electrons. The van der Waals surface area contributed by atoms with Crippen molar-refractivity contribution in [2.24, 2.45) is 0 Å². The van der Waals surface area contributed by atoms with Crippen molar-refractivity contribution in [3.05, 3.63) is 64.2 Å². The van der Waals surface area contributed by atoms with Gasteiger partial charge in [0, 0.05) is 18.2 Å². The third-order valence-corrected chi connectivity index (χ3v) is 4.80. The predicted molar refractivity (Wildman–Crippen MR) is 84.8 cm³/mol. The number of hydrogen-bond acceptors (Lipinski definition) is 5. The first kappa shape index (κ1) is 16.9. The molecule has 23 heavy (non-hydrogen) atoms. The van der Waals surface area contributed by atoms with E-state index in [2.05, 4.69) is 4.72 Å². The molecule has 0 aliphatic heterocycles. The van der Waals surface area contributed by atoms with Crippen LogP contribution in [0.5, 0.6) is 5.75 Å². The van der Waals surface area contributed by atoms with E-state index in [0.29, 0.717) is 5.75 Å². The largest absolute Gasteiger partial charge is 0.497 e. The van der Waals surface area contributed by atoms with E-state index in [9.17, 15) is 18.5 Å². The van der Waals surface area contributed by atoms with Gasteiger partial charge in [-0.3, -0.25) is 10.1 Å². The van der Waals surface area contributed by atoms with E-state index in [0.717, 1.165) is 11.6 Å². The molecule has 2 aromatic rings. The van der Waals surface area contributed by atoms with Crippen LogP contribution in [0.4, 0.5) is 5.69 Å². The SMILES string of the molecule is COc1cccc(C(C)NS(=O)(=O)c2cccc([N+](=O)[O-])c2)c1. The molecule has 1 N–H and O–H groups in total. The van der Waals surface area contributed by atoms with Crippen LogP contribution in [0.1, 0.15) is 18.5 Å². The summed E-state index contributed by atoms with van der Waals surface area (Å²) < 4.78 is 32.4. The van der Waals surface area contributed by atoms with Gasteiger partial charge in [-0.2, -0.15) is 0 Å². The number of ether oxygens (including phenoxy) is 1. The number of nitrogens with zero attached hydrogens (tertiary/aromatic N) is 1. The van der Waals surface area contributed by atoms with Crippen LogP contribution in [0.25, 0.3) is 0 Å². The van der Waals surface area contributed by atoms with Gasteiger partial charge in [0.05, 0.1) is 16.9 Å². The number of benzene rings is 2. The molecule has 0 saturated carbocycles. The second-order valence-electron chi connectivity index (χ2n) is 4.87. The minimum atomic E-state index is -3.88. The first-order chi connectivity index (χ1) is 10.8. The zero-order valence-electron chi connectivity index (χ0n) is 12.6. The summed E-state index contributed by atoms with van der Waals surface area (Å²) in [5, 5.41) is 10.8. The van der Waals surface area contributed by atoms with Crippen LogP contribution < -0.4 is 9.46 Å². The molecule has 0 saturated heterocycles. The van der Waals surface area contributed by atoms with E-state index in [1.54, 1.807) is 31.2 Å². The van der Waals surface area contributed by atoms with E-state index >= 15 is 0 Å². The normalized spacial score (nSPS) is 12.6. The summed E-state index contributed by atoms with van der Waals surface area (Å²) in [5.41, 5.74) is 0.445. The third-order valence-electron chi connectivity index (χ3n) is 3.26. The van der Waals surface area contributed by atoms with E-state index < -0.39 is 21.0 Å². The van der Waals surface area contributed by atoms with Gasteiger partial charge in [-0.15, -0.1) is 0 Å². The topological polar surface area (TPSA) is 98.5 Å². The Kier molecular flexibility index (Phi) is 4.97. The highest BCUT2D eigenvalue weighted by Crippen LogP contribution is 2.22. The number of hydrogen-bond donors (Lipinski definition) is 1. The Bertz CT molecular complexity index is 820. The maximum absolute atomic E-state index is 12.4. The van der Waals surface area contributed by atoms with Gasteiger partial charge < -0.3 is 4.74 Å². The second kappa shape index (κ2) is 6.76. The van der Waals surface area contributed by atoms with Gasteiger partial charge in [-0.25, -0.2) is 13.1 Å². The highest BCUT2D eigenvalue weighted by atomic mass is 32.2. The van der Waals surface area contributed by atoms with Crippen molar-refractivity contribution in [1.82, 2.24) is 4.72 Å². The van der Waals surface area contributed by atoms with E-state index in [-0.39, 0.29) is 10.6 Å². The fourth-order valence-corrected chi connectivity index (χ4v) is 3.32. The Labute approximate surface area is 134 Å². The number of non-ortho nitro benzene ring substituents is 1. The first-order valence-corrected chi connectivity index (χ1v) is 8.22. The molecule has 2 rings (SSSR count). The number of nitrogens with one attached hydrogen (secondary N) is 1. The number of methoxy groups -OCH3 is 1. The summed E-state index contributed by atoms with van der Waals surface area (Å²) in [6.45, 7) is 1.68. The van der Waals surface area contributed by atoms with Crippen LogP contribution >= 0.6 is 0 Å². The van der Waals surface area contributed by atoms with Crippen LogP contribution in [-0.4, -0.2) is 20.5 Å². The van der Waals surface area contributed by atoms with Gasteiger partial charge in [0.2, 0.25) is 10.0 Å². The van der Waals surface area contributed by atoms with Crippen molar-refractivity contribution in [1.29, 1.82) is 0 Å². The Morgan fingerprint density at radius 1 is 1.17 bits per heavy atom. The van der Waals surface area contributed by atoms with Gasteiger partial charge >= 0.3 is 0 Å². The average Bonchev–Trinajstić information content (AvgIpc) is 2.54. The molecule has 0 spiro atoms. The number of rotatable bonds is 6. The second-order valence-corrected chi connectivity index (χ2v) is 6.59. The molecular formula is C15H16N2O5S. The maximum atomic E-state index is 12.4. The van der Waals surface area contributed by atoms with Crippen molar-refractivity contribution >= 4 is 15.7 Å². The third kappa shape index (κ3) is 4.05. The van der Waals surface area contributed by atoms with Gasteiger partial charge in [0.15, 0.2) is 0 Å². The lowest BCUT2D eigenvalue weighted by atomic mass is 10.1. The Hall–Kier alpha value is -2.45. The quantitative estimate of drug-likeness (QED) is 0.646. The molecule has 0 fully saturated rings. The standard InChI is InChI=1S/C15H16N2O5S/c1-11(12-5-3-7-14(9-12)22-2)16-23(20,21)15-8-4-6-13(10-15)17(18)19/h3-11,16H,1-2H3. The Morgan fingerprint density at radius 2 is 1.87 bits per heavy atom. The average molecular weight is 336 g/mol. The van der Waals surface area contributed by atoms with Gasteiger partial charge in [-0.05, 0) is 30.7 Å². The minimum absolute atomic E-state index is 0.151.